The van der Waals surface area contributed by atoms with Crippen molar-refractivity contribution in [2.45, 2.75) is 31.2 Å². The fraction of sp³-hybridized carbons (Fsp3) is 0.333. The van der Waals surface area contributed by atoms with Gasteiger partial charge in [-0.05, 0) is 62.3 Å². The summed E-state index contributed by atoms with van der Waals surface area (Å²) in [6.07, 6.45) is 2.03. The van der Waals surface area contributed by atoms with E-state index in [0.717, 1.165) is 36.5 Å². The number of benzene rings is 2. The number of carbonyl (C=O) groups is 3. The summed E-state index contributed by atoms with van der Waals surface area (Å²) in [7, 11) is 1.31. The van der Waals surface area contributed by atoms with E-state index < -0.39 is 12.0 Å². The molecule has 2 aliphatic rings. The lowest BCUT2D eigenvalue weighted by Crippen LogP contribution is -2.45. The van der Waals surface area contributed by atoms with E-state index >= 15 is 0 Å². The smallest absolute Gasteiger partial charge is 0.337 e. The van der Waals surface area contributed by atoms with Crippen molar-refractivity contribution >= 4 is 45.0 Å². The van der Waals surface area contributed by atoms with Crippen molar-refractivity contribution < 1.29 is 19.1 Å². The molecule has 0 bridgehead atoms. The number of carbonyl (C=O) groups excluding carboxylic acids is 3. The second-order valence-corrected chi connectivity index (χ2v) is 9.22. The average Bonchev–Trinajstić information content (AvgIpc) is 3.39. The Balaban J connectivity index is 1.26. The van der Waals surface area contributed by atoms with E-state index in [1.165, 1.54) is 16.7 Å². The maximum Gasteiger partial charge on any atom is 0.337 e. The largest absolute Gasteiger partial charge is 0.465 e. The number of likely N-dealkylation sites (tertiary alicyclic amines) is 1. The molecule has 2 aliphatic heterocycles. The predicted octanol–water partition coefficient (Wildman–Crippen LogP) is 3.59. The summed E-state index contributed by atoms with van der Waals surface area (Å²) in [4.78, 5) is 45.6. The van der Waals surface area contributed by atoms with Crippen molar-refractivity contribution in [1.82, 2.24) is 9.88 Å². The summed E-state index contributed by atoms with van der Waals surface area (Å²) in [5.74, 6) is -0.472. The number of methoxy groups -OCH3 is 1. The van der Waals surface area contributed by atoms with Gasteiger partial charge in [0.05, 0.1) is 46.0 Å². The highest BCUT2D eigenvalue weighted by Crippen LogP contribution is 2.35. The first-order chi connectivity index (χ1) is 15.5. The van der Waals surface area contributed by atoms with E-state index in [2.05, 4.69) is 11.0 Å². The number of hydrogen-bond acceptors (Lipinski definition) is 7. The van der Waals surface area contributed by atoms with Crippen LogP contribution in [0.5, 0.6) is 0 Å². The Bertz CT molecular complexity index is 1150. The monoisotopic (exact) mass is 449 g/mol. The highest BCUT2D eigenvalue weighted by atomic mass is 32.1. The molecule has 2 fully saturated rings. The van der Waals surface area contributed by atoms with E-state index in [9.17, 15) is 14.4 Å². The summed E-state index contributed by atoms with van der Waals surface area (Å²) in [6, 6.07) is 14.1. The summed E-state index contributed by atoms with van der Waals surface area (Å²) in [6.45, 7) is 1.53. The molecule has 164 valence electrons. The lowest BCUT2D eigenvalue weighted by Gasteiger charge is -2.34. The molecule has 0 saturated carbocycles. The molecule has 5 rings (SSSR count). The van der Waals surface area contributed by atoms with Gasteiger partial charge in [0.15, 0.2) is 0 Å². The van der Waals surface area contributed by atoms with Gasteiger partial charge in [0.1, 0.15) is 0 Å². The third-order valence-electron chi connectivity index (χ3n) is 6.30. The molecule has 0 N–H and O–H groups in total. The number of aromatic nitrogens is 1. The number of nitrogens with zero attached hydrogens (tertiary/aromatic N) is 3. The van der Waals surface area contributed by atoms with Gasteiger partial charge in [-0.2, -0.15) is 0 Å². The number of amides is 2. The molecule has 3 heterocycles. The van der Waals surface area contributed by atoms with Crippen LogP contribution < -0.4 is 4.90 Å². The normalized spacial score (nSPS) is 20.3. The number of esters is 1. The second kappa shape index (κ2) is 8.44. The first-order valence-corrected chi connectivity index (χ1v) is 11.5. The molecule has 1 atom stereocenters. The SMILES string of the molecule is COC(=O)c1ccc(N2C(=O)C[C@@H](N3CCC(c4nc5ccccc5s4)CC3)C2=O)cc1. The Labute approximate surface area is 189 Å². The van der Waals surface area contributed by atoms with Gasteiger partial charge in [-0.25, -0.2) is 14.7 Å². The van der Waals surface area contributed by atoms with Crippen LogP contribution in [0.3, 0.4) is 0 Å². The van der Waals surface area contributed by atoms with Gasteiger partial charge in [0, 0.05) is 5.92 Å². The molecular weight excluding hydrogens is 426 g/mol. The third kappa shape index (κ3) is 3.69. The number of rotatable bonds is 4. The molecule has 0 spiro atoms. The minimum Gasteiger partial charge on any atom is -0.465 e. The standard InChI is InChI=1S/C24H23N3O4S/c1-31-24(30)16-6-8-17(9-7-16)27-21(28)14-19(23(27)29)26-12-10-15(11-13-26)22-25-18-4-2-3-5-20(18)32-22/h2-9,15,19H,10-14H2,1H3/t19-/m1/s1. The number of fused-ring (bicyclic) bond motifs is 1. The number of ether oxygens (including phenoxy) is 1. The topological polar surface area (TPSA) is 79.8 Å². The van der Waals surface area contributed by atoms with E-state index in [4.69, 9.17) is 9.72 Å². The van der Waals surface area contributed by atoms with Gasteiger partial charge in [-0.1, -0.05) is 12.1 Å². The van der Waals surface area contributed by atoms with Crippen molar-refractivity contribution in [1.29, 1.82) is 0 Å². The first-order valence-electron chi connectivity index (χ1n) is 10.7. The van der Waals surface area contributed by atoms with Crippen molar-refractivity contribution in [3.8, 4) is 0 Å². The van der Waals surface area contributed by atoms with Crippen LogP contribution in [-0.4, -0.2) is 53.9 Å². The molecule has 0 aliphatic carbocycles. The Morgan fingerprint density at radius 3 is 2.47 bits per heavy atom. The number of hydrogen-bond donors (Lipinski definition) is 0. The molecule has 7 nitrogen and oxygen atoms in total. The zero-order valence-electron chi connectivity index (χ0n) is 17.7. The van der Waals surface area contributed by atoms with E-state index in [1.54, 1.807) is 35.6 Å². The molecule has 32 heavy (non-hydrogen) atoms. The molecule has 8 heteroatoms. The lowest BCUT2D eigenvalue weighted by molar-refractivity contribution is -0.123. The number of para-hydroxylation sites is 1. The van der Waals surface area contributed by atoms with E-state index in [1.807, 2.05) is 18.2 Å². The highest BCUT2D eigenvalue weighted by molar-refractivity contribution is 7.18. The van der Waals surface area contributed by atoms with Gasteiger partial charge in [0.2, 0.25) is 5.91 Å². The molecule has 2 saturated heterocycles. The van der Waals surface area contributed by atoms with Crippen LogP contribution in [0.4, 0.5) is 5.69 Å². The molecule has 0 radical (unpaired) electrons. The minimum absolute atomic E-state index is 0.184. The van der Waals surface area contributed by atoms with Crippen molar-refractivity contribution in [3.63, 3.8) is 0 Å². The Kier molecular flexibility index (Phi) is 5.48. The van der Waals surface area contributed by atoms with E-state index in [-0.39, 0.29) is 18.2 Å². The summed E-state index contributed by atoms with van der Waals surface area (Å²) >= 11 is 1.75. The second-order valence-electron chi connectivity index (χ2n) is 8.16. The van der Waals surface area contributed by atoms with Crippen LogP contribution in [0.15, 0.2) is 48.5 Å². The fourth-order valence-corrected chi connectivity index (χ4v) is 5.70. The Morgan fingerprint density at radius 2 is 1.78 bits per heavy atom. The number of thiazole rings is 1. The minimum atomic E-state index is -0.454. The highest BCUT2D eigenvalue weighted by Gasteiger charge is 2.43. The lowest BCUT2D eigenvalue weighted by atomic mass is 9.96. The van der Waals surface area contributed by atoms with Crippen LogP contribution in [-0.2, 0) is 14.3 Å². The Hall–Kier alpha value is -3.10. The number of imide groups is 1. The first kappa shape index (κ1) is 20.8. The molecule has 2 aromatic carbocycles. The zero-order chi connectivity index (χ0) is 22.2. The average molecular weight is 450 g/mol. The van der Waals surface area contributed by atoms with Crippen molar-refractivity contribution in [2.75, 3.05) is 25.1 Å². The summed E-state index contributed by atoms with van der Waals surface area (Å²) in [5, 5.41) is 1.16. The third-order valence-corrected chi connectivity index (χ3v) is 7.50. The fourth-order valence-electron chi connectivity index (χ4n) is 4.56. The van der Waals surface area contributed by atoms with Gasteiger partial charge < -0.3 is 4.74 Å². The van der Waals surface area contributed by atoms with E-state index in [0.29, 0.717) is 17.2 Å². The maximum atomic E-state index is 13.1. The molecular formula is C24H23N3O4S. The van der Waals surface area contributed by atoms with Crippen LogP contribution in [0.25, 0.3) is 10.2 Å². The Morgan fingerprint density at radius 1 is 1.06 bits per heavy atom. The molecule has 3 aromatic rings. The van der Waals surface area contributed by atoms with Crippen LogP contribution in [0.2, 0.25) is 0 Å². The predicted molar refractivity (Wildman–Crippen MR) is 122 cm³/mol. The number of anilines is 1. The molecule has 1 aromatic heterocycles. The van der Waals surface area contributed by atoms with Crippen LogP contribution in [0, 0.1) is 0 Å². The zero-order valence-corrected chi connectivity index (χ0v) is 18.5. The number of piperidine rings is 1. The van der Waals surface area contributed by atoms with Gasteiger partial charge in [-0.15, -0.1) is 11.3 Å². The summed E-state index contributed by atoms with van der Waals surface area (Å²) < 4.78 is 5.91. The van der Waals surface area contributed by atoms with Gasteiger partial charge >= 0.3 is 5.97 Å². The van der Waals surface area contributed by atoms with Crippen molar-refractivity contribution in [2.24, 2.45) is 0 Å². The van der Waals surface area contributed by atoms with Crippen LogP contribution >= 0.6 is 11.3 Å². The van der Waals surface area contributed by atoms with Gasteiger partial charge in [0.25, 0.3) is 5.91 Å². The quantitative estimate of drug-likeness (QED) is 0.447. The molecule has 0 unspecified atom stereocenters. The van der Waals surface area contributed by atoms with Crippen molar-refractivity contribution in [3.05, 3.63) is 59.1 Å². The summed E-state index contributed by atoms with van der Waals surface area (Å²) in [5.41, 5.74) is 1.91. The molecule has 2 amide bonds. The maximum absolute atomic E-state index is 13.1. The van der Waals surface area contributed by atoms with Gasteiger partial charge in [-0.3, -0.25) is 14.5 Å². The van der Waals surface area contributed by atoms with Crippen LogP contribution in [0.1, 0.15) is 40.5 Å².